The van der Waals surface area contributed by atoms with Crippen molar-refractivity contribution in [2.24, 2.45) is 17.8 Å². The van der Waals surface area contributed by atoms with Gasteiger partial charge in [0.05, 0.1) is 0 Å². The van der Waals surface area contributed by atoms with E-state index in [9.17, 15) is 0 Å². The van der Waals surface area contributed by atoms with E-state index in [-0.39, 0.29) is 0 Å². The van der Waals surface area contributed by atoms with Crippen molar-refractivity contribution in [1.29, 1.82) is 0 Å². The Balaban J connectivity index is 1.81. The van der Waals surface area contributed by atoms with E-state index < -0.39 is 0 Å². The zero-order valence-electron chi connectivity index (χ0n) is 12.1. The summed E-state index contributed by atoms with van der Waals surface area (Å²) in [5.41, 5.74) is 2.05. The van der Waals surface area contributed by atoms with Gasteiger partial charge in [0.1, 0.15) is 0 Å². The number of methoxy groups -OCH3 is 1. The summed E-state index contributed by atoms with van der Waals surface area (Å²) >= 11 is 0.774. The number of rotatable bonds is 2. The zero-order chi connectivity index (χ0) is 13.0. The minimum atomic E-state index is 0.481. The van der Waals surface area contributed by atoms with Crippen LogP contribution in [0, 0.1) is 17.8 Å². The van der Waals surface area contributed by atoms with Crippen LogP contribution in [-0.2, 0) is 5.41 Å². The molecule has 1 aromatic rings. The Morgan fingerprint density at radius 3 is 2.16 bits per heavy atom. The predicted molar refractivity (Wildman–Crippen MR) is 78.2 cm³/mol. The molecule has 1 aromatic carbocycles. The second kappa shape index (κ2) is 4.84. The van der Waals surface area contributed by atoms with E-state index in [1.54, 1.807) is 5.22 Å². The molecule has 96 valence electrons. The average molecular weight is 280 g/mol. The maximum atomic E-state index is 5.71. The van der Waals surface area contributed by atoms with Gasteiger partial charge in [-0.3, -0.25) is 0 Å². The molecule has 2 heteroatoms. The number of benzene rings is 1. The molecule has 0 heterocycles. The van der Waals surface area contributed by atoms with Crippen molar-refractivity contribution >= 4 is 48.6 Å². The third kappa shape index (κ3) is 2.19. The summed E-state index contributed by atoms with van der Waals surface area (Å²) < 4.78 is 7.28. The molecule has 1 nitrogen and oxygen atoms in total. The normalized spacial score (nSPS) is 39.6. The molecule has 0 spiro atoms. The van der Waals surface area contributed by atoms with Crippen LogP contribution < -0.4 is 4.39 Å². The SMILES string of the molecule is COc1cc[c]([K])cc1C12CC3CC(CC(C3)C1)C2. The maximum absolute atomic E-state index is 5.71. The molecule has 0 saturated heterocycles. The molecule has 4 fully saturated rings. The van der Waals surface area contributed by atoms with Gasteiger partial charge in [0.25, 0.3) is 0 Å². The summed E-state index contributed by atoms with van der Waals surface area (Å²) in [7, 11) is 1.84. The van der Waals surface area contributed by atoms with E-state index in [4.69, 9.17) is 4.74 Å². The van der Waals surface area contributed by atoms with Crippen LogP contribution in [0.4, 0.5) is 0 Å². The van der Waals surface area contributed by atoms with E-state index >= 15 is 0 Å². The Hall–Kier alpha value is 0.656. The molecule has 5 rings (SSSR count). The Kier molecular flexibility index (Phi) is 3.40. The van der Waals surface area contributed by atoms with Crippen LogP contribution in [0.2, 0.25) is 0 Å². The second-order valence-corrected chi connectivity index (χ2v) is 9.20. The number of hydrogen-bond acceptors (Lipinski definition) is 1. The summed E-state index contributed by atoms with van der Waals surface area (Å²) in [5.74, 6) is 4.20. The fourth-order valence-electron chi connectivity index (χ4n) is 5.68. The van der Waals surface area contributed by atoms with Gasteiger partial charge in [-0.1, -0.05) is 0 Å². The van der Waals surface area contributed by atoms with Crippen LogP contribution in [0.5, 0.6) is 5.75 Å². The molecule has 0 atom stereocenters. The topological polar surface area (TPSA) is 9.23 Å². The summed E-state index contributed by atoms with van der Waals surface area (Å²) in [4.78, 5) is 0. The first-order valence-electron chi connectivity index (χ1n) is 7.84. The molecular weight excluding hydrogens is 259 g/mol. The summed E-state index contributed by atoms with van der Waals surface area (Å²) in [6, 6.07) is 6.99. The van der Waals surface area contributed by atoms with Crippen LogP contribution in [0.15, 0.2) is 18.2 Å². The van der Waals surface area contributed by atoms with E-state index in [1.165, 1.54) is 38.5 Å². The van der Waals surface area contributed by atoms with Gasteiger partial charge in [0.2, 0.25) is 0 Å². The van der Waals surface area contributed by atoms with Gasteiger partial charge in [-0.25, -0.2) is 0 Å². The average Bonchev–Trinajstić information content (AvgIpc) is 2.37. The molecule has 0 aliphatic heterocycles. The Bertz CT molecular complexity index is 473. The van der Waals surface area contributed by atoms with Crippen LogP contribution in [0.3, 0.4) is 0 Å². The molecule has 0 radical (unpaired) electrons. The fraction of sp³-hybridized carbons (Fsp3) is 0.647. The monoisotopic (exact) mass is 280 g/mol. The van der Waals surface area contributed by atoms with Crippen LogP contribution in [0.1, 0.15) is 44.1 Å². The van der Waals surface area contributed by atoms with Crippen LogP contribution in [0.25, 0.3) is 0 Å². The third-order valence-corrected chi connectivity index (χ3v) is 6.94. The molecule has 0 amide bonds. The van der Waals surface area contributed by atoms with E-state index in [0.29, 0.717) is 5.41 Å². The van der Waals surface area contributed by atoms with Gasteiger partial charge in [0.15, 0.2) is 0 Å². The summed E-state index contributed by atoms with van der Waals surface area (Å²) in [6.07, 6.45) is 8.87. The van der Waals surface area contributed by atoms with Gasteiger partial charge in [-0.15, -0.1) is 0 Å². The molecular formula is C17H21KO. The third-order valence-electron chi connectivity index (χ3n) is 5.96. The first-order chi connectivity index (χ1) is 9.18. The molecule has 0 N–H and O–H groups in total. The van der Waals surface area contributed by atoms with E-state index in [1.807, 2.05) is 7.11 Å². The second-order valence-electron chi connectivity index (χ2n) is 7.40. The minimum absolute atomic E-state index is 0.481. The standard InChI is InChI=1S/C17H21O.K/c1-18-16-5-3-2-4-15(16)17-9-12-6-13(10-17)8-14(7-12)11-17;/h3-5,12-14H,6-11H2,1H3;. The van der Waals surface area contributed by atoms with Crippen molar-refractivity contribution in [2.45, 2.75) is 43.9 Å². The van der Waals surface area contributed by atoms with Crippen LogP contribution in [-0.4, -0.2) is 56.1 Å². The first kappa shape index (κ1) is 13.3. The number of hydrogen-bond donors (Lipinski definition) is 0. The van der Waals surface area contributed by atoms with Crippen molar-refractivity contribution < 1.29 is 4.74 Å². The van der Waals surface area contributed by atoms with Gasteiger partial charge in [0, 0.05) is 0 Å². The fourth-order valence-corrected chi connectivity index (χ4v) is 6.39. The Morgan fingerprint density at radius 1 is 1.05 bits per heavy atom. The van der Waals surface area contributed by atoms with Gasteiger partial charge < -0.3 is 0 Å². The molecule has 0 unspecified atom stereocenters. The van der Waals surface area contributed by atoms with Crippen molar-refractivity contribution in [2.75, 3.05) is 7.11 Å². The molecule has 19 heavy (non-hydrogen) atoms. The van der Waals surface area contributed by atoms with Gasteiger partial charge in [-0.2, -0.15) is 0 Å². The Morgan fingerprint density at radius 2 is 1.63 bits per heavy atom. The molecule has 0 aromatic heterocycles. The molecule has 4 bridgehead atoms. The molecule has 4 aliphatic rings. The quantitative estimate of drug-likeness (QED) is 0.757. The molecule has 4 aliphatic carbocycles. The van der Waals surface area contributed by atoms with Gasteiger partial charge >= 0.3 is 152 Å². The van der Waals surface area contributed by atoms with Crippen molar-refractivity contribution in [1.82, 2.24) is 0 Å². The van der Waals surface area contributed by atoms with E-state index in [2.05, 4.69) is 18.2 Å². The molecule has 4 saturated carbocycles. The Labute approximate surface area is 150 Å². The summed E-state index contributed by atoms with van der Waals surface area (Å²) in [6.45, 7) is 0. The summed E-state index contributed by atoms with van der Waals surface area (Å²) in [5, 5.41) is 0. The predicted octanol–water partition coefficient (Wildman–Crippen LogP) is 2.96. The first-order valence-corrected chi connectivity index (χ1v) is 9.40. The van der Waals surface area contributed by atoms with Crippen molar-refractivity contribution in [3.8, 4) is 5.75 Å². The van der Waals surface area contributed by atoms with Crippen molar-refractivity contribution in [3.05, 3.63) is 23.8 Å². The van der Waals surface area contributed by atoms with Crippen LogP contribution >= 0.6 is 0 Å². The van der Waals surface area contributed by atoms with Gasteiger partial charge in [-0.05, 0) is 0 Å². The number of ether oxygens (including phenoxy) is 1. The van der Waals surface area contributed by atoms with Crippen molar-refractivity contribution in [3.63, 3.8) is 0 Å². The van der Waals surface area contributed by atoms with E-state index in [0.717, 1.165) is 72.5 Å². The zero-order valence-corrected chi connectivity index (χ0v) is 15.2.